The second kappa shape index (κ2) is 4.45. The second-order valence-corrected chi connectivity index (χ2v) is 4.56. The Morgan fingerprint density at radius 3 is 2.80 bits per heavy atom. The number of aromatic carboxylic acids is 1. The summed E-state index contributed by atoms with van der Waals surface area (Å²) in [5, 5.41) is 9.42. The van der Waals surface area contributed by atoms with Gasteiger partial charge in [-0.15, -0.1) is 0 Å². The van der Waals surface area contributed by atoms with E-state index >= 15 is 0 Å². The number of aromatic nitrogens is 2. The molecular weight excluding hydrogens is 259 g/mol. The number of imidazole rings is 1. The first-order valence-corrected chi connectivity index (χ1v) is 6.04. The monoisotopic (exact) mass is 270 g/mol. The van der Waals surface area contributed by atoms with Crippen LogP contribution in [-0.4, -0.2) is 20.5 Å². The lowest BCUT2D eigenvalue weighted by atomic mass is 10.1. The third-order valence-corrected chi connectivity index (χ3v) is 3.07. The molecule has 20 heavy (non-hydrogen) atoms. The van der Waals surface area contributed by atoms with Crippen LogP contribution in [0.2, 0.25) is 0 Å². The molecule has 0 bridgehead atoms. The molecule has 0 fully saturated rings. The van der Waals surface area contributed by atoms with Crippen molar-refractivity contribution in [2.75, 3.05) is 0 Å². The van der Waals surface area contributed by atoms with Crippen molar-refractivity contribution < 1.29 is 14.3 Å². The quantitative estimate of drug-likeness (QED) is 0.778. The van der Waals surface area contributed by atoms with E-state index in [2.05, 4.69) is 4.98 Å². The molecule has 0 atom stereocenters. The molecule has 0 amide bonds. The van der Waals surface area contributed by atoms with Crippen LogP contribution in [0, 0.1) is 12.7 Å². The van der Waals surface area contributed by atoms with Gasteiger partial charge in [0.15, 0.2) is 5.69 Å². The summed E-state index contributed by atoms with van der Waals surface area (Å²) in [6.45, 7) is 1.87. The smallest absolute Gasteiger partial charge is 0.355 e. The molecule has 0 radical (unpaired) electrons. The SMILES string of the molecule is Cc1ccc2nc(-c3cccc(F)c3)c(C(=O)O)n2c1. The van der Waals surface area contributed by atoms with Gasteiger partial charge >= 0.3 is 5.97 Å². The highest BCUT2D eigenvalue weighted by Crippen LogP contribution is 2.25. The normalized spacial score (nSPS) is 10.9. The maximum absolute atomic E-state index is 13.3. The number of fused-ring (bicyclic) bond motifs is 1. The number of benzene rings is 1. The first kappa shape index (κ1) is 12.3. The summed E-state index contributed by atoms with van der Waals surface area (Å²) >= 11 is 0. The number of hydrogen-bond acceptors (Lipinski definition) is 2. The van der Waals surface area contributed by atoms with Gasteiger partial charge in [-0.1, -0.05) is 18.2 Å². The van der Waals surface area contributed by atoms with E-state index in [0.717, 1.165) is 5.56 Å². The number of aryl methyl sites for hydroxylation is 1. The molecule has 3 rings (SSSR count). The largest absolute Gasteiger partial charge is 0.476 e. The lowest BCUT2D eigenvalue weighted by Crippen LogP contribution is -2.03. The van der Waals surface area contributed by atoms with Crippen molar-refractivity contribution in [3.8, 4) is 11.3 Å². The molecule has 1 aromatic carbocycles. The summed E-state index contributed by atoms with van der Waals surface area (Å²) in [6.07, 6.45) is 1.70. The average molecular weight is 270 g/mol. The highest BCUT2D eigenvalue weighted by molar-refractivity contribution is 5.94. The minimum absolute atomic E-state index is 0.0364. The predicted octanol–water partition coefficient (Wildman–Crippen LogP) is 3.15. The molecular formula is C15H11FN2O2. The fourth-order valence-corrected chi connectivity index (χ4v) is 2.19. The highest BCUT2D eigenvalue weighted by atomic mass is 19.1. The molecule has 2 heterocycles. The molecule has 100 valence electrons. The fourth-order valence-electron chi connectivity index (χ4n) is 2.19. The summed E-state index contributed by atoms with van der Waals surface area (Å²) in [4.78, 5) is 15.8. The number of carboxylic acid groups (broad SMARTS) is 1. The molecule has 0 spiro atoms. The van der Waals surface area contributed by atoms with Crippen LogP contribution in [-0.2, 0) is 0 Å². The van der Waals surface area contributed by atoms with Crippen LogP contribution in [0.1, 0.15) is 16.1 Å². The number of pyridine rings is 1. The van der Waals surface area contributed by atoms with E-state index in [-0.39, 0.29) is 11.4 Å². The third-order valence-electron chi connectivity index (χ3n) is 3.07. The highest BCUT2D eigenvalue weighted by Gasteiger charge is 2.20. The van der Waals surface area contributed by atoms with Crippen LogP contribution < -0.4 is 0 Å². The zero-order valence-electron chi connectivity index (χ0n) is 10.7. The lowest BCUT2D eigenvalue weighted by molar-refractivity contribution is 0.0690. The number of carboxylic acids is 1. The van der Waals surface area contributed by atoms with Gasteiger partial charge < -0.3 is 5.11 Å². The molecule has 5 heteroatoms. The van der Waals surface area contributed by atoms with E-state index < -0.39 is 11.8 Å². The van der Waals surface area contributed by atoms with Gasteiger partial charge in [0.25, 0.3) is 0 Å². The molecule has 3 aromatic rings. The second-order valence-electron chi connectivity index (χ2n) is 4.56. The number of rotatable bonds is 2. The van der Waals surface area contributed by atoms with Crippen molar-refractivity contribution in [1.29, 1.82) is 0 Å². The zero-order valence-corrected chi connectivity index (χ0v) is 10.7. The van der Waals surface area contributed by atoms with Crippen LogP contribution in [0.4, 0.5) is 4.39 Å². The van der Waals surface area contributed by atoms with E-state index in [1.807, 2.05) is 13.0 Å². The molecule has 0 unspecified atom stereocenters. The van der Waals surface area contributed by atoms with Crippen molar-refractivity contribution in [2.45, 2.75) is 6.92 Å². The number of hydrogen-bond donors (Lipinski definition) is 1. The van der Waals surface area contributed by atoms with E-state index in [4.69, 9.17) is 0 Å². The van der Waals surface area contributed by atoms with Crippen LogP contribution in [0.3, 0.4) is 0 Å². The first-order valence-electron chi connectivity index (χ1n) is 6.04. The third kappa shape index (κ3) is 1.93. The van der Waals surface area contributed by atoms with E-state index in [9.17, 15) is 14.3 Å². The van der Waals surface area contributed by atoms with Crippen molar-refractivity contribution in [3.63, 3.8) is 0 Å². The number of nitrogens with zero attached hydrogens (tertiary/aromatic N) is 2. The minimum Gasteiger partial charge on any atom is -0.476 e. The Balaban J connectivity index is 2.35. The molecule has 2 aromatic heterocycles. The van der Waals surface area contributed by atoms with Crippen LogP contribution >= 0.6 is 0 Å². The van der Waals surface area contributed by atoms with Gasteiger partial charge in [-0.2, -0.15) is 0 Å². The van der Waals surface area contributed by atoms with E-state index in [0.29, 0.717) is 11.2 Å². The van der Waals surface area contributed by atoms with Gasteiger partial charge in [-0.3, -0.25) is 4.40 Å². The first-order chi connectivity index (χ1) is 9.56. The molecule has 0 saturated heterocycles. The van der Waals surface area contributed by atoms with Gasteiger partial charge in [0.1, 0.15) is 17.2 Å². The maximum Gasteiger partial charge on any atom is 0.355 e. The summed E-state index contributed by atoms with van der Waals surface area (Å²) in [5.41, 5.74) is 2.19. The average Bonchev–Trinajstić information content (AvgIpc) is 2.77. The van der Waals surface area contributed by atoms with Gasteiger partial charge in [-0.25, -0.2) is 14.2 Å². The standard InChI is InChI=1S/C15H11FN2O2/c1-9-5-6-12-17-13(10-3-2-4-11(16)7-10)14(15(19)20)18(12)8-9/h2-8H,1H3,(H,19,20). The van der Waals surface area contributed by atoms with Gasteiger partial charge in [0.2, 0.25) is 0 Å². The Bertz CT molecular complexity index is 824. The van der Waals surface area contributed by atoms with Gasteiger partial charge in [0, 0.05) is 11.8 Å². The van der Waals surface area contributed by atoms with Crippen molar-refractivity contribution in [1.82, 2.24) is 9.38 Å². The maximum atomic E-state index is 13.3. The topological polar surface area (TPSA) is 54.6 Å². The minimum atomic E-state index is -1.10. The van der Waals surface area contributed by atoms with E-state index in [1.165, 1.54) is 22.6 Å². The van der Waals surface area contributed by atoms with Crippen LogP contribution in [0.15, 0.2) is 42.6 Å². The molecule has 0 aliphatic rings. The molecule has 4 nitrogen and oxygen atoms in total. The molecule has 0 saturated carbocycles. The van der Waals surface area contributed by atoms with E-state index in [1.54, 1.807) is 18.3 Å². The van der Waals surface area contributed by atoms with Crippen molar-refractivity contribution in [2.24, 2.45) is 0 Å². The predicted molar refractivity (Wildman–Crippen MR) is 72.3 cm³/mol. The van der Waals surface area contributed by atoms with Gasteiger partial charge in [0.05, 0.1) is 0 Å². The number of carbonyl (C=O) groups is 1. The molecule has 0 aliphatic carbocycles. The number of halogens is 1. The summed E-state index contributed by atoms with van der Waals surface area (Å²) in [7, 11) is 0. The summed E-state index contributed by atoms with van der Waals surface area (Å²) in [5.74, 6) is -1.52. The Hall–Kier alpha value is -2.69. The van der Waals surface area contributed by atoms with Gasteiger partial charge in [-0.05, 0) is 30.7 Å². The summed E-state index contributed by atoms with van der Waals surface area (Å²) in [6, 6.07) is 9.36. The Morgan fingerprint density at radius 2 is 2.10 bits per heavy atom. The fraction of sp³-hybridized carbons (Fsp3) is 0.0667. The Kier molecular flexibility index (Phi) is 2.75. The van der Waals surface area contributed by atoms with Crippen LogP contribution in [0.25, 0.3) is 16.9 Å². The van der Waals surface area contributed by atoms with Crippen LogP contribution in [0.5, 0.6) is 0 Å². The lowest BCUT2D eigenvalue weighted by Gasteiger charge is -2.01. The molecule has 1 N–H and O–H groups in total. The van der Waals surface area contributed by atoms with Crippen molar-refractivity contribution >= 4 is 11.6 Å². The Labute approximate surface area is 114 Å². The Morgan fingerprint density at radius 1 is 1.30 bits per heavy atom. The molecule has 0 aliphatic heterocycles. The van der Waals surface area contributed by atoms with Crippen molar-refractivity contribution in [3.05, 3.63) is 59.7 Å². The summed E-state index contributed by atoms with van der Waals surface area (Å²) < 4.78 is 14.8. The zero-order chi connectivity index (χ0) is 14.3.